The Bertz CT molecular complexity index is 758. The van der Waals surface area contributed by atoms with Crippen molar-refractivity contribution < 1.29 is 4.79 Å². The first-order valence-electron chi connectivity index (χ1n) is 7.09. The van der Waals surface area contributed by atoms with E-state index >= 15 is 0 Å². The second-order valence-corrected chi connectivity index (χ2v) is 5.49. The van der Waals surface area contributed by atoms with E-state index in [1.165, 1.54) is 4.57 Å². The van der Waals surface area contributed by atoms with E-state index in [1.54, 1.807) is 25.5 Å². The number of fused-ring (bicyclic) bond motifs is 1. The van der Waals surface area contributed by atoms with Crippen LogP contribution in [0.25, 0.3) is 0 Å². The molecule has 0 bridgehead atoms. The van der Waals surface area contributed by atoms with Crippen LogP contribution in [0.15, 0.2) is 23.3 Å². The maximum Gasteiger partial charge on any atom is 0.274 e. The molecule has 2 aromatic rings. The summed E-state index contributed by atoms with van der Waals surface area (Å²) in [6.07, 6.45) is 6.34. The summed E-state index contributed by atoms with van der Waals surface area (Å²) in [5.41, 5.74) is 2.54. The van der Waals surface area contributed by atoms with Gasteiger partial charge in [-0.1, -0.05) is 0 Å². The summed E-state index contributed by atoms with van der Waals surface area (Å²) in [6.45, 7) is 2.74. The molecule has 110 valence electrons. The molecule has 1 aliphatic heterocycles. The molecular weight excluding hydrogens is 268 g/mol. The van der Waals surface area contributed by atoms with Crippen molar-refractivity contribution in [3.63, 3.8) is 0 Å². The molecule has 2 aromatic heterocycles. The van der Waals surface area contributed by atoms with E-state index in [9.17, 15) is 9.59 Å². The molecule has 21 heavy (non-hydrogen) atoms. The van der Waals surface area contributed by atoms with Gasteiger partial charge in [0.1, 0.15) is 5.69 Å². The van der Waals surface area contributed by atoms with Gasteiger partial charge in [-0.25, -0.2) is 0 Å². The number of carbonyl (C=O) groups excluding carboxylic acids is 1. The highest BCUT2D eigenvalue weighted by atomic mass is 16.2. The number of aryl methyl sites for hydroxylation is 3. The highest BCUT2D eigenvalue weighted by Crippen LogP contribution is 2.19. The minimum atomic E-state index is -0.263. The summed E-state index contributed by atoms with van der Waals surface area (Å²) in [5.74, 6) is -0.263. The lowest BCUT2D eigenvalue weighted by Crippen LogP contribution is -2.25. The van der Waals surface area contributed by atoms with Gasteiger partial charge in [0.15, 0.2) is 0 Å². The molecule has 3 heterocycles. The molecule has 6 nitrogen and oxygen atoms in total. The van der Waals surface area contributed by atoms with Crippen molar-refractivity contribution in [3.8, 4) is 0 Å². The Labute approximate surface area is 122 Å². The quantitative estimate of drug-likeness (QED) is 0.909. The molecule has 0 saturated heterocycles. The third-order valence-corrected chi connectivity index (χ3v) is 3.80. The van der Waals surface area contributed by atoms with Crippen LogP contribution in [-0.2, 0) is 20.0 Å². The number of amides is 1. The van der Waals surface area contributed by atoms with Gasteiger partial charge in [0.25, 0.3) is 11.5 Å². The second kappa shape index (κ2) is 5.20. The van der Waals surface area contributed by atoms with Crippen molar-refractivity contribution >= 4 is 11.6 Å². The first-order chi connectivity index (χ1) is 10.1. The van der Waals surface area contributed by atoms with E-state index in [-0.39, 0.29) is 11.5 Å². The molecule has 1 amide bonds. The van der Waals surface area contributed by atoms with Gasteiger partial charge in [0, 0.05) is 19.8 Å². The van der Waals surface area contributed by atoms with Gasteiger partial charge in [0.05, 0.1) is 17.5 Å². The van der Waals surface area contributed by atoms with Gasteiger partial charge in [-0.2, -0.15) is 5.10 Å². The molecular formula is C15H18N4O2. The molecule has 0 aromatic carbocycles. The largest absolute Gasteiger partial charge is 0.317 e. The van der Waals surface area contributed by atoms with Crippen LogP contribution in [0.5, 0.6) is 0 Å². The first kappa shape index (κ1) is 13.6. The summed E-state index contributed by atoms with van der Waals surface area (Å²) in [6, 6.07) is 1.69. The number of carbonyl (C=O) groups is 1. The van der Waals surface area contributed by atoms with Crippen molar-refractivity contribution in [3.05, 3.63) is 45.6 Å². The lowest BCUT2D eigenvalue weighted by atomic mass is 10.1. The fourth-order valence-electron chi connectivity index (χ4n) is 2.77. The van der Waals surface area contributed by atoms with E-state index in [0.717, 1.165) is 37.1 Å². The fourth-order valence-corrected chi connectivity index (χ4v) is 2.77. The Morgan fingerprint density at radius 2 is 2.19 bits per heavy atom. The van der Waals surface area contributed by atoms with E-state index in [0.29, 0.717) is 11.3 Å². The van der Waals surface area contributed by atoms with E-state index in [4.69, 9.17) is 0 Å². The minimum absolute atomic E-state index is 0.213. The molecule has 0 fully saturated rings. The molecule has 0 aliphatic carbocycles. The fraction of sp³-hybridized carbons (Fsp3) is 0.400. The maximum atomic E-state index is 12.4. The summed E-state index contributed by atoms with van der Waals surface area (Å²) >= 11 is 0. The monoisotopic (exact) mass is 286 g/mol. The third kappa shape index (κ3) is 2.49. The standard InChI is InChI=1S/C15H18N4O2/c1-10-7-12(15(21)18(2)9-10)17-14(20)11-8-16-19-6-4-3-5-13(11)19/h7-9H,3-6H2,1-2H3,(H,17,20). The van der Waals surface area contributed by atoms with Crippen LogP contribution < -0.4 is 10.9 Å². The van der Waals surface area contributed by atoms with Crippen molar-refractivity contribution in [2.45, 2.75) is 32.7 Å². The molecule has 0 atom stereocenters. The number of hydrogen-bond donors (Lipinski definition) is 1. The summed E-state index contributed by atoms with van der Waals surface area (Å²) < 4.78 is 3.35. The summed E-state index contributed by atoms with van der Waals surface area (Å²) in [4.78, 5) is 24.5. The first-order valence-corrected chi connectivity index (χ1v) is 7.09. The van der Waals surface area contributed by atoms with Crippen molar-refractivity contribution in [1.82, 2.24) is 14.3 Å². The van der Waals surface area contributed by atoms with Gasteiger partial charge in [-0.05, 0) is 37.8 Å². The minimum Gasteiger partial charge on any atom is -0.317 e. The zero-order valence-corrected chi connectivity index (χ0v) is 12.2. The predicted molar refractivity (Wildman–Crippen MR) is 79.5 cm³/mol. The third-order valence-electron chi connectivity index (χ3n) is 3.80. The van der Waals surface area contributed by atoms with Crippen LogP contribution in [-0.4, -0.2) is 20.3 Å². The number of anilines is 1. The van der Waals surface area contributed by atoms with Crippen LogP contribution in [0, 0.1) is 6.92 Å². The topological polar surface area (TPSA) is 68.9 Å². The van der Waals surface area contributed by atoms with E-state index < -0.39 is 0 Å². The molecule has 6 heteroatoms. The molecule has 3 rings (SSSR count). The normalized spacial score (nSPS) is 13.8. The van der Waals surface area contributed by atoms with E-state index in [2.05, 4.69) is 10.4 Å². The van der Waals surface area contributed by atoms with Gasteiger partial charge >= 0.3 is 0 Å². The number of hydrogen-bond acceptors (Lipinski definition) is 3. The summed E-state index contributed by atoms with van der Waals surface area (Å²) in [5, 5.41) is 6.97. The van der Waals surface area contributed by atoms with Crippen molar-refractivity contribution in [2.24, 2.45) is 7.05 Å². The SMILES string of the molecule is Cc1cc(NC(=O)c2cnn3c2CCCC3)c(=O)n(C)c1. The molecule has 0 spiro atoms. The van der Waals surface area contributed by atoms with Gasteiger partial charge < -0.3 is 9.88 Å². The highest BCUT2D eigenvalue weighted by molar-refractivity contribution is 6.04. The van der Waals surface area contributed by atoms with Gasteiger partial charge in [-0.3, -0.25) is 14.3 Å². The number of nitrogens with zero attached hydrogens (tertiary/aromatic N) is 3. The van der Waals surface area contributed by atoms with E-state index in [1.807, 2.05) is 11.6 Å². The molecule has 0 unspecified atom stereocenters. The summed E-state index contributed by atoms with van der Waals surface area (Å²) in [7, 11) is 1.67. The average molecular weight is 286 g/mol. The number of pyridine rings is 1. The van der Waals surface area contributed by atoms with Crippen LogP contribution in [0.3, 0.4) is 0 Å². The van der Waals surface area contributed by atoms with Crippen molar-refractivity contribution in [1.29, 1.82) is 0 Å². The predicted octanol–water partition coefficient (Wildman–Crippen LogP) is 1.48. The number of aromatic nitrogens is 3. The Balaban J connectivity index is 1.91. The molecule has 1 aliphatic rings. The van der Waals surface area contributed by atoms with Gasteiger partial charge in [-0.15, -0.1) is 0 Å². The number of nitrogens with one attached hydrogen (secondary N) is 1. The Kier molecular flexibility index (Phi) is 3.37. The average Bonchev–Trinajstić information content (AvgIpc) is 2.88. The zero-order chi connectivity index (χ0) is 15.0. The number of rotatable bonds is 2. The Morgan fingerprint density at radius 3 is 3.00 bits per heavy atom. The van der Waals surface area contributed by atoms with Crippen LogP contribution in [0.2, 0.25) is 0 Å². The maximum absolute atomic E-state index is 12.4. The van der Waals surface area contributed by atoms with Gasteiger partial charge in [0.2, 0.25) is 0 Å². The smallest absolute Gasteiger partial charge is 0.274 e. The van der Waals surface area contributed by atoms with Crippen molar-refractivity contribution in [2.75, 3.05) is 5.32 Å². The lowest BCUT2D eigenvalue weighted by Gasteiger charge is -2.14. The Morgan fingerprint density at radius 1 is 1.38 bits per heavy atom. The molecule has 0 saturated carbocycles. The second-order valence-electron chi connectivity index (χ2n) is 5.49. The molecule has 1 N–H and O–H groups in total. The highest BCUT2D eigenvalue weighted by Gasteiger charge is 2.20. The van der Waals surface area contributed by atoms with Crippen LogP contribution in [0.4, 0.5) is 5.69 Å². The molecule has 0 radical (unpaired) electrons. The Hall–Kier alpha value is -2.37. The lowest BCUT2D eigenvalue weighted by molar-refractivity contribution is 0.102. The van der Waals surface area contributed by atoms with Crippen LogP contribution in [0.1, 0.15) is 34.5 Å². The van der Waals surface area contributed by atoms with Crippen LogP contribution >= 0.6 is 0 Å². The zero-order valence-electron chi connectivity index (χ0n) is 12.2.